The van der Waals surface area contributed by atoms with Gasteiger partial charge in [0, 0.05) is 12.7 Å². The zero-order valence-electron chi connectivity index (χ0n) is 9.95. The smallest absolute Gasteiger partial charge is 0.264 e. The van der Waals surface area contributed by atoms with Crippen LogP contribution in [-0.2, 0) is 17.1 Å². The molecular formula is C10H13N5O2S. The van der Waals surface area contributed by atoms with Crippen LogP contribution in [0.2, 0.25) is 0 Å². The van der Waals surface area contributed by atoms with Gasteiger partial charge in [-0.25, -0.2) is 17.8 Å². The van der Waals surface area contributed by atoms with Crippen LogP contribution in [0.4, 0.5) is 11.6 Å². The van der Waals surface area contributed by atoms with Crippen LogP contribution in [0.5, 0.6) is 0 Å². The second kappa shape index (κ2) is 4.30. The first kappa shape index (κ1) is 12.4. The molecule has 0 fully saturated rings. The largest absolute Gasteiger partial charge is 0.398 e. The highest BCUT2D eigenvalue weighted by atomic mass is 32.2. The molecule has 18 heavy (non-hydrogen) atoms. The van der Waals surface area contributed by atoms with Crippen molar-refractivity contribution in [3.63, 3.8) is 0 Å². The van der Waals surface area contributed by atoms with Gasteiger partial charge in [-0.2, -0.15) is 10.1 Å². The fourth-order valence-corrected chi connectivity index (χ4v) is 2.43. The molecule has 2 rings (SSSR count). The van der Waals surface area contributed by atoms with Gasteiger partial charge in [-0.05, 0) is 24.6 Å². The van der Waals surface area contributed by atoms with Gasteiger partial charge >= 0.3 is 0 Å². The third-order valence-corrected chi connectivity index (χ3v) is 3.82. The number of anilines is 2. The van der Waals surface area contributed by atoms with E-state index in [0.717, 1.165) is 5.56 Å². The Kier molecular flexibility index (Phi) is 2.95. The molecule has 0 unspecified atom stereocenters. The maximum Gasteiger partial charge on any atom is 0.264 e. The Morgan fingerprint density at radius 2 is 2.11 bits per heavy atom. The Balaban J connectivity index is 2.37. The molecule has 0 aliphatic heterocycles. The molecule has 1 aromatic heterocycles. The molecule has 0 radical (unpaired) electrons. The van der Waals surface area contributed by atoms with E-state index in [9.17, 15) is 8.42 Å². The molecule has 2 aromatic rings. The van der Waals surface area contributed by atoms with Crippen molar-refractivity contribution in [1.82, 2.24) is 14.8 Å². The lowest BCUT2D eigenvalue weighted by Crippen LogP contribution is -2.16. The van der Waals surface area contributed by atoms with E-state index in [0.29, 0.717) is 5.69 Å². The van der Waals surface area contributed by atoms with Crippen LogP contribution in [0.3, 0.4) is 0 Å². The van der Waals surface area contributed by atoms with Crippen LogP contribution >= 0.6 is 0 Å². The standard InChI is InChI=1S/C10H13N5O2S/c1-7-3-4-8(5-9(7)11)18(16,17)14-10-12-6-13-15(10)2/h3-6H,11H2,1-2H3,(H,12,13,14). The molecule has 0 spiro atoms. The van der Waals surface area contributed by atoms with Gasteiger partial charge in [0.25, 0.3) is 10.0 Å². The third-order valence-electron chi connectivity index (χ3n) is 2.50. The van der Waals surface area contributed by atoms with Gasteiger partial charge < -0.3 is 5.73 Å². The molecule has 3 N–H and O–H groups in total. The number of nitrogens with zero attached hydrogens (tertiary/aromatic N) is 3. The molecule has 0 atom stereocenters. The van der Waals surface area contributed by atoms with Crippen LogP contribution in [0.25, 0.3) is 0 Å². The summed E-state index contributed by atoms with van der Waals surface area (Å²) in [6, 6.07) is 4.55. The van der Waals surface area contributed by atoms with Gasteiger partial charge in [0.05, 0.1) is 4.90 Å². The maximum atomic E-state index is 12.1. The molecule has 0 aliphatic rings. The van der Waals surface area contributed by atoms with Crippen LogP contribution in [0.15, 0.2) is 29.4 Å². The minimum absolute atomic E-state index is 0.0913. The van der Waals surface area contributed by atoms with Gasteiger partial charge in [0.15, 0.2) is 0 Å². The zero-order valence-corrected chi connectivity index (χ0v) is 10.8. The number of nitrogen functional groups attached to an aromatic ring is 1. The van der Waals surface area contributed by atoms with Gasteiger partial charge in [-0.15, -0.1) is 0 Å². The van der Waals surface area contributed by atoms with Gasteiger partial charge in [0.2, 0.25) is 5.95 Å². The average molecular weight is 267 g/mol. The summed E-state index contributed by atoms with van der Waals surface area (Å²) in [5.41, 5.74) is 6.95. The van der Waals surface area contributed by atoms with Crippen LogP contribution < -0.4 is 10.5 Å². The molecular weight excluding hydrogens is 254 g/mol. The van der Waals surface area contributed by atoms with Crippen molar-refractivity contribution in [2.24, 2.45) is 7.05 Å². The van der Waals surface area contributed by atoms with Crippen molar-refractivity contribution in [1.29, 1.82) is 0 Å². The Hall–Kier alpha value is -2.09. The van der Waals surface area contributed by atoms with Crippen LogP contribution in [-0.4, -0.2) is 23.2 Å². The Morgan fingerprint density at radius 1 is 1.39 bits per heavy atom. The van der Waals surface area contributed by atoms with Crippen molar-refractivity contribution >= 4 is 21.7 Å². The second-order valence-electron chi connectivity index (χ2n) is 3.83. The first-order chi connectivity index (χ1) is 8.40. The minimum atomic E-state index is -3.70. The van der Waals surface area contributed by atoms with Crippen LogP contribution in [0.1, 0.15) is 5.56 Å². The summed E-state index contributed by atoms with van der Waals surface area (Å²) in [7, 11) is -2.11. The van der Waals surface area contributed by atoms with E-state index in [-0.39, 0.29) is 10.8 Å². The molecule has 0 bridgehead atoms. The number of aryl methyl sites for hydroxylation is 2. The van der Waals surface area contributed by atoms with E-state index in [2.05, 4.69) is 14.8 Å². The summed E-state index contributed by atoms with van der Waals surface area (Å²) < 4.78 is 27.8. The van der Waals surface area contributed by atoms with Crippen molar-refractivity contribution in [2.75, 3.05) is 10.5 Å². The summed E-state index contributed by atoms with van der Waals surface area (Å²) in [6.45, 7) is 1.81. The zero-order chi connectivity index (χ0) is 13.3. The topological polar surface area (TPSA) is 103 Å². The molecule has 7 nitrogen and oxygen atoms in total. The van der Waals surface area contributed by atoms with Crippen LogP contribution in [0, 0.1) is 6.92 Å². The lowest BCUT2D eigenvalue weighted by atomic mass is 10.2. The molecule has 8 heteroatoms. The number of hydrogen-bond donors (Lipinski definition) is 2. The number of sulfonamides is 1. The fourth-order valence-electron chi connectivity index (χ4n) is 1.35. The lowest BCUT2D eigenvalue weighted by Gasteiger charge is -2.08. The van der Waals surface area contributed by atoms with E-state index in [1.165, 1.54) is 23.1 Å². The van der Waals surface area contributed by atoms with Gasteiger partial charge in [-0.1, -0.05) is 6.07 Å². The molecule has 1 heterocycles. The normalized spacial score (nSPS) is 11.4. The Labute approximate surface area is 105 Å². The molecule has 0 saturated heterocycles. The van der Waals surface area contributed by atoms with E-state index in [1.54, 1.807) is 13.1 Å². The first-order valence-corrected chi connectivity index (χ1v) is 6.61. The highest BCUT2D eigenvalue weighted by Crippen LogP contribution is 2.19. The Bertz CT molecular complexity index is 677. The summed E-state index contributed by atoms with van der Waals surface area (Å²) >= 11 is 0. The molecule has 96 valence electrons. The van der Waals surface area contributed by atoms with E-state index >= 15 is 0 Å². The third kappa shape index (κ3) is 2.28. The van der Waals surface area contributed by atoms with Crippen molar-refractivity contribution in [3.05, 3.63) is 30.1 Å². The van der Waals surface area contributed by atoms with Crippen molar-refractivity contribution in [2.45, 2.75) is 11.8 Å². The van der Waals surface area contributed by atoms with E-state index < -0.39 is 10.0 Å². The number of aromatic nitrogens is 3. The quantitative estimate of drug-likeness (QED) is 0.788. The molecule has 0 amide bonds. The van der Waals surface area contributed by atoms with E-state index in [1.807, 2.05) is 6.92 Å². The maximum absolute atomic E-state index is 12.1. The number of hydrogen-bond acceptors (Lipinski definition) is 5. The number of nitrogens with two attached hydrogens (primary N) is 1. The van der Waals surface area contributed by atoms with Gasteiger partial charge in [-0.3, -0.25) is 0 Å². The summed E-state index contributed by atoms with van der Waals surface area (Å²) in [4.78, 5) is 3.89. The number of rotatable bonds is 3. The molecule has 0 saturated carbocycles. The first-order valence-electron chi connectivity index (χ1n) is 5.13. The van der Waals surface area contributed by atoms with Crippen molar-refractivity contribution in [3.8, 4) is 0 Å². The lowest BCUT2D eigenvalue weighted by molar-refractivity contribution is 0.600. The van der Waals surface area contributed by atoms with Crippen molar-refractivity contribution < 1.29 is 8.42 Å². The molecule has 1 aromatic carbocycles. The molecule has 0 aliphatic carbocycles. The summed E-state index contributed by atoms with van der Waals surface area (Å²) in [5.74, 6) is 0.147. The highest BCUT2D eigenvalue weighted by molar-refractivity contribution is 7.92. The SMILES string of the molecule is Cc1ccc(S(=O)(=O)Nc2ncnn2C)cc1N. The highest BCUT2D eigenvalue weighted by Gasteiger charge is 2.17. The van der Waals surface area contributed by atoms with E-state index in [4.69, 9.17) is 5.73 Å². The summed E-state index contributed by atoms with van der Waals surface area (Å²) in [6.07, 6.45) is 1.27. The minimum Gasteiger partial charge on any atom is -0.398 e. The summed E-state index contributed by atoms with van der Waals surface area (Å²) in [5, 5.41) is 3.78. The monoisotopic (exact) mass is 267 g/mol. The predicted octanol–water partition coefficient (Wildman–Crippen LogP) is 0.507. The van der Waals surface area contributed by atoms with Gasteiger partial charge in [0.1, 0.15) is 6.33 Å². The Morgan fingerprint density at radius 3 is 2.67 bits per heavy atom. The second-order valence-corrected chi connectivity index (χ2v) is 5.51. The number of nitrogens with one attached hydrogen (secondary N) is 1. The fraction of sp³-hybridized carbons (Fsp3) is 0.200. The predicted molar refractivity (Wildman–Crippen MR) is 67.4 cm³/mol. The number of benzene rings is 1. The average Bonchev–Trinajstić information content (AvgIpc) is 2.67.